The van der Waals surface area contributed by atoms with Crippen LogP contribution in [0.3, 0.4) is 0 Å². The largest absolute Gasteiger partial charge is 0.495 e. The van der Waals surface area contributed by atoms with E-state index in [1.165, 1.54) is 0 Å². The molecule has 1 heterocycles. The first kappa shape index (κ1) is 17.4. The molecule has 2 rings (SSSR count). The number of methoxy groups -OCH3 is 1. The van der Waals surface area contributed by atoms with Gasteiger partial charge in [0.15, 0.2) is 0 Å². The van der Waals surface area contributed by atoms with Crippen LogP contribution in [0.2, 0.25) is 5.02 Å². The summed E-state index contributed by atoms with van der Waals surface area (Å²) in [6.07, 6.45) is 1.91. The van der Waals surface area contributed by atoms with Crippen LogP contribution in [-0.4, -0.2) is 43.5 Å². The van der Waals surface area contributed by atoms with Gasteiger partial charge in [0.1, 0.15) is 5.75 Å². The fraction of sp³-hybridized carbons (Fsp3) is 0.500. The second-order valence-electron chi connectivity index (χ2n) is 5.60. The van der Waals surface area contributed by atoms with Gasteiger partial charge in [0.25, 0.3) is 0 Å². The number of hydrogen-bond donors (Lipinski definition) is 2. The Hall–Kier alpha value is -1.95. The summed E-state index contributed by atoms with van der Waals surface area (Å²) >= 11 is 5.97. The quantitative estimate of drug-likeness (QED) is 0.828. The van der Waals surface area contributed by atoms with Crippen molar-refractivity contribution in [3.63, 3.8) is 0 Å². The SMILES string of the molecule is COc1ccc(Cl)cc1NCCC(=O)N1CCC[C@H](C(N)=O)C1. The number of rotatable bonds is 6. The molecule has 0 aliphatic carbocycles. The van der Waals surface area contributed by atoms with E-state index in [1.54, 1.807) is 30.2 Å². The lowest BCUT2D eigenvalue weighted by Crippen LogP contribution is -2.44. The number of nitrogens with two attached hydrogens (primary N) is 1. The molecule has 0 aromatic heterocycles. The Morgan fingerprint density at radius 2 is 2.26 bits per heavy atom. The highest BCUT2D eigenvalue weighted by atomic mass is 35.5. The van der Waals surface area contributed by atoms with Crippen LogP contribution < -0.4 is 15.8 Å². The highest BCUT2D eigenvalue weighted by molar-refractivity contribution is 6.30. The van der Waals surface area contributed by atoms with Crippen LogP contribution in [0.5, 0.6) is 5.75 Å². The molecule has 0 spiro atoms. The number of amides is 2. The number of benzene rings is 1. The molecule has 1 aromatic carbocycles. The molecule has 126 valence electrons. The van der Waals surface area contributed by atoms with Crippen molar-refractivity contribution in [2.45, 2.75) is 19.3 Å². The van der Waals surface area contributed by atoms with E-state index in [1.807, 2.05) is 0 Å². The minimum absolute atomic E-state index is 0.0180. The monoisotopic (exact) mass is 339 g/mol. The second kappa shape index (κ2) is 8.06. The zero-order chi connectivity index (χ0) is 16.8. The molecule has 1 aromatic rings. The third kappa shape index (κ3) is 4.76. The number of carbonyl (C=O) groups is 2. The average molecular weight is 340 g/mol. The van der Waals surface area contributed by atoms with E-state index in [4.69, 9.17) is 22.1 Å². The number of piperidine rings is 1. The molecule has 7 heteroatoms. The van der Waals surface area contributed by atoms with Crippen LogP contribution in [0.4, 0.5) is 5.69 Å². The molecule has 3 N–H and O–H groups in total. The van der Waals surface area contributed by atoms with E-state index in [0.29, 0.717) is 36.8 Å². The number of primary amides is 1. The summed E-state index contributed by atoms with van der Waals surface area (Å²) < 4.78 is 5.25. The van der Waals surface area contributed by atoms with Crippen molar-refractivity contribution in [3.8, 4) is 5.75 Å². The molecule has 6 nitrogen and oxygen atoms in total. The average Bonchev–Trinajstić information content (AvgIpc) is 2.55. The second-order valence-corrected chi connectivity index (χ2v) is 6.04. The maximum atomic E-state index is 12.3. The minimum atomic E-state index is -0.329. The normalized spacial score (nSPS) is 17.7. The predicted molar refractivity (Wildman–Crippen MR) is 89.6 cm³/mol. The van der Waals surface area contributed by atoms with E-state index in [0.717, 1.165) is 18.5 Å². The number of carbonyl (C=O) groups excluding carboxylic acids is 2. The lowest BCUT2D eigenvalue weighted by molar-refractivity contribution is -0.134. The van der Waals surface area contributed by atoms with Gasteiger partial charge in [-0.05, 0) is 31.0 Å². The molecule has 0 saturated carbocycles. The Balaban J connectivity index is 1.85. The highest BCUT2D eigenvalue weighted by Gasteiger charge is 2.26. The molecule has 1 aliphatic heterocycles. The molecule has 0 unspecified atom stereocenters. The summed E-state index contributed by atoms with van der Waals surface area (Å²) in [5, 5.41) is 3.76. The molecule has 1 aliphatic rings. The van der Waals surface area contributed by atoms with Gasteiger partial charge in [-0.2, -0.15) is 0 Å². The Kier molecular flexibility index (Phi) is 6.10. The first-order valence-electron chi connectivity index (χ1n) is 7.65. The predicted octanol–water partition coefficient (Wildman–Crippen LogP) is 1.87. The number of likely N-dealkylation sites (tertiary alicyclic amines) is 1. The smallest absolute Gasteiger partial charge is 0.224 e. The van der Waals surface area contributed by atoms with Gasteiger partial charge < -0.3 is 20.7 Å². The van der Waals surface area contributed by atoms with Crippen molar-refractivity contribution in [1.29, 1.82) is 0 Å². The first-order chi connectivity index (χ1) is 11.0. The number of ether oxygens (including phenoxy) is 1. The third-order valence-corrected chi connectivity index (χ3v) is 4.23. The molecule has 23 heavy (non-hydrogen) atoms. The van der Waals surface area contributed by atoms with E-state index in [2.05, 4.69) is 5.32 Å². The number of halogens is 1. The van der Waals surface area contributed by atoms with Gasteiger partial charge in [-0.15, -0.1) is 0 Å². The van der Waals surface area contributed by atoms with Gasteiger partial charge in [-0.25, -0.2) is 0 Å². The molecule has 1 saturated heterocycles. The maximum absolute atomic E-state index is 12.3. The molecular formula is C16H22ClN3O3. The van der Waals surface area contributed by atoms with Crippen molar-refractivity contribution in [3.05, 3.63) is 23.2 Å². The van der Waals surface area contributed by atoms with Crippen molar-refractivity contribution in [1.82, 2.24) is 4.90 Å². The van der Waals surface area contributed by atoms with Crippen molar-refractivity contribution in [2.24, 2.45) is 11.7 Å². The lowest BCUT2D eigenvalue weighted by atomic mass is 9.97. The number of nitrogens with one attached hydrogen (secondary N) is 1. The summed E-state index contributed by atoms with van der Waals surface area (Å²) in [6.45, 7) is 1.57. The summed E-state index contributed by atoms with van der Waals surface area (Å²) in [4.78, 5) is 25.2. The van der Waals surface area contributed by atoms with E-state index in [9.17, 15) is 9.59 Å². The Morgan fingerprint density at radius 1 is 1.48 bits per heavy atom. The van der Waals surface area contributed by atoms with Gasteiger partial charge in [-0.1, -0.05) is 11.6 Å². The zero-order valence-corrected chi connectivity index (χ0v) is 13.9. The zero-order valence-electron chi connectivity index (χ0n) is 13.2. The van der Waals surface area contributed by atoms with Crippen LogP contribution >= 0.6 is 11.6 Å². The fourth-order valence-electron chi connectivity index (χ4n) is 2.72. The van der Waals surface area contributed by atoms with Crippen LogP contribution in [0, 0.1) is 5.92 Å². The lowest BCUT2D eigenvalue weighted by Gasteiger charge is -2.31. The van der Waals surface area contributed by atoms with Crippen molar-refractivity contribution >= 4 is 29.1 Å². The van der Waals surface area contributed by atoms with Gasteiger partial charge in [-0.3, -0.25) is 9.59 Å². The Labute approximate surface area is 140 Å². The third-order valence-electron chi connectivity index (χ3n) is 3.99. The van der Waals surface area contributed by atoms with Crippen LogP contribution in [0.15, 0.2) is 18.2 Å². The maximum Gasteiger partial charge on any atom is 0.224 e. The molecule has 0 bridgehead atoms. The summed E-state index contributed by atoms with van der Waals surface area (Å²) in [6, 6.07) is 5.28. The standard InChI is InChI=1S/C16H22ClN3O3/c1-23-14-5-4-12(17)9-13(14)19-7-6-15(21)20-8-2-3-11(10-20)16(18)22/h4-5,9,11,19H,2-3,6-8,10H2,1H3,(H2,18,22)/t11-/m0/s1. The molecular weight excluding hydrogens is 318 g/mol. The van der Waals surface area contributed by atoms with E-state index in [-0.39, 0.29) is 17.7 Å². The number of hydrogen-bond acceptors (Lipinski definition) is 4. The molecule has 0 radical (unpaired) electrons. The van der Waals surface area contributed by atoms with Crippen molar-refractivity contribution < 1.29 is 14.3 Å². The highest BCUT2D eigenvalue weighted by Crippen LogP contribution is 2.27. The van der Waals surface area contributed by atoms with E-state index >= 15 is 0 Å². The van der Waals surface area contributed by atoms with Gasteiger partial charge in [0, 0.05) is 31.1 Å². The fourth-order valence-corrected chi connectivity index (χ4v) is 2.89. The Morgan fingerprint density at radius 3 is 2.96 bits per heavy atom. The number of anilines is 1. The van der Waals surface area contributed by atoms with Gasteiger partial charge in [0.2, 0.25) is 11.8 Å². The summed E-state index contributed by atoms with van der Waals surface area (Å²) in [5.41, 5.74) is 6.09. The molecule has 1 fully saturated rings. The van der Waals surface area contributed by atoms with Crippen LogP contribution in [-0.2, 0) is 9.59 Å². The van der Waals surface area contributed by atoms with E-state index < -0.39 is 0 Å². The minimum Gasteiger partial charge on any atom is -0.495 e. The van der Waals surface area contributed by atoms with Gasteiger partial charge in [0.05, 0.1) is 18.7 Å². The number of nitrogens with zero attached hydrogens (tertiary/aromatic N) is 1. The van der Waals surface area contributed by atoms with Gasteiger partial charge >= 0.3 is 0 Å². The van der Waals surface area contributed by atoms with Crippen molar-refractivity contribution in [2.75, 3.05) is 32.1 Å². The summed E-state index contributed by atoms with van der Waals surface area (Å²) in [7, 11) is 1.58. The first-order valence-corrected chi connectivity index (χ1v) is 8.03. The van der Waals surface area contributed by atoms with Crippen LogP contribution in [0.1, 0.15) is 19.3 Å². The molecule has 1 atom stereocenters. The summed E-state index contributed by atoms with van der Waals surface area (Å²) in [5.74, 6) is 0.135. The topological polar surface area (TPSA) is 84.7 Å². The molecule has 2 amide bonds. The van der Waals surface area contributed by atoms with Crippen LogP contribution in [0.25, 0.3) is 0 Å². The Bertz CT molecular complexity index is 580.